The number of benzene rings is 1. The third kappa shape index (κ3) is 6.23. The summed E-state index contributed by atoms with van der Waals surface area (Å²) in [6, 6.07) is 5.22. The van der Waals surface area contributed by atoms with Gasteiger partial charge in [0.15, 0.2) is 6.61 Å². The fraction of sp³-hybridized carbons (Fsp3) is 0.500. The summed E-state index contributed by atoms with van der Waals surface area (Å²) in [5, 5.41) is 12.7. The van der Waals surface area contributed by atoms with Gasteiger partial charge in [-0.3, -0.25) is 4.79 Å². The molecular formula is C14H20ClNO4. The normalized spacial score (nSPS) is 12.0. The number of nitrogens with one attached hydrogen (secondary N) is 1. The zero-order valence-corrected chi connectivity index (χ0v) is 12.4. The van der Waals surface area contributed by atoms with Crippen molar-refractivity contribution in [3.05, 3.63) is 28.8 Å². The molecule has 6 heteroatoms. The first-order valence-electron chi connectivity index (χ1n) is 6.35. The number of hydrogen-bond acceptors (Lipinski definition) is 4. The molecule has 0 radical (unpaired) electrons. The van der Waals surface area contributed by atoms with E-state index in [1.54, 1.807) is 18.2 Å². The maximum Gasteiger partial charge on any atom is 0.257 e. The van der Waals surface area contributed by atoms with Crippen LogP contribution in [0.2, 0.25) is 5.02 Å². The third-order valence-corrected chi connectivity index (χ3v) is 3.08. The topological polar surface area (TPSA) is 67.8 Å². The number of hydrogen-bond donors (Lipinski definition) is 2. The Kier molecular flexibility index (Phi) is 7.36. The number of rotatable bonds is 8. The molecule has 0 aliphatic heterocycles. The van der Waals surface area contributed by atoms with E-state index in [0.29, 0.717) is 23.7 Å². The molecule has 0 aliphatic rings. The van der Waals surface area contributed by atoms with E-state index in [2.05, 4.69) is 5.32 Å². The summed E-state index contributed by atoms with van der Waals surface area (Å²) < 4.78 is 10.1. The monoisotopic (exact) mass is 301 g/mol. The summed E-state index contributed by atoms with van der Waals surface area (Å²) in [6.45, 7) is 2.44. The predicted octanol–water partition coefficient (Wildman–Crippen LogP) is 1.54. The Balaban J connectivity index is 2.24. The minimum Gasteiger partial charge on any atom is -0.484 e. The molecular weight excluding hydrogens is 282 g/mol. The third-order valence-electron chi connectivity index (χ3n) is 2.66. The number of aryl methyl sites for hydroxylation is 1. The fourth-order valence-electron chi connectivity index (χ4n) is 1.56. The highest BCUT2D eigenvalue weighted by atomic mass is 35.5. The molecule has 1 unspecified atom stereocenters. The Morgan fingerprint density at radius 1 is 1.50 bits per heavy atom. The molecule has 5 nitrogen and oxygen atoms in total. The minimum absolute atomic E-state index is 0.0680. The van der Waals surface area contributed by atoms with E-state index in [9.17, 15) is 9.90 Å². The summed E-state index contributed by atoms with van der Waals surface area (Å²) in [4.78, 5) is 11.5. The molecule has 1 amide bonds. The second-order valence-electron chi connectivity index (χ2n) is 4.45. The van der Waals surface area contributed by atoms with E-state index in [1.807, 2.05) is 6.92 Å². The number of methoxy groups -OCH3 is 1. The summed E-state index contributed by atoms with van der Waals surface area (Å²) in [5.74, 6) is 0.365. The number of aliphatic hydroxyl groups is 1. The van der Waals surface area contributed by atoms with Gasteiger partial charge < -0.3 is 19.9 Å². The van der Waals surface area contributed by atoms with Gasteiger partial charge in [0.05, 0.1) is 12.7 Å². The summed E-state index contributed by atoms with van der Waals surface area (Å²) >= 11 is 5.90. The molecule has 1 aromatic rings. The van der Waals surface area contributed by atoms with Crippen molar-refractivity contribution in [3.8, 4) is 5.75 Å². The van der Waals surface area contributed by atoms with Crippen molar-refractivity contribution in [1.29, 1.82) is 0 Å². The number of ether oxygens (including phenoxy) is 2. The molecule has 1 atom stereocenters. The van der Waals surface area contributed by atoms with Gasteiger partial charge in [-0.05, 0) is 37.1 Å². The Morgan fingerprint density at radius 3 is 2.90 bits per heavy atom. The lowest BCUT2D eigenvalue weighted by Gasteiger charge is -2.11. The lowest BCUT2D eigenvalue weighted by Crippen LogP contribution is -2.32. The number of amides is 1. The average Bonchev–Trinajstić information content (AvgIpc) is 2.40. The van der Waals surface area contributed by atoms with Crippen molar-refractivity contribution in [2.75, 3.05) is 26.9 Å². The largest absolute Gasteiger partial charge is 0.484 e. The van der Waals surface area contributed by atoms with Gasteiger partial charge in [-0.2, -0.15) is 0 Å². The highest BCUT2D eigenvalue weighted by Crippen LogP contribution is 2.20. The number of carbonyl (C=O) groups excluding carboxylic acids is 1. The molecule has 0 saturated carbocycles. The smallest absolute Gasteiger partial charge is 0.257 e. The lowest BCUT2D eigenvalue weighted by molar-refractivity contribution is -0.123. The van der Waals surface area contributed by atoms with Gasteiger partial charge in [-0.15, -0.1) is 0 Å². The van der Waals surface area contributed by atoms with Crippen molar-refractivity contribution >= 4 is 17.5 Å². The Bertz CT molecular complexity index is 439. The molecule has 1 rings (SSSR count). The van der Waals surface area contributed by atoms with Gasteiger partial charge in [-0.25, -0.2) is 0 Å². The van der Waals surface area contributed by atoms with E-state index in [-0.39, 0.29) is 19.1 Å². The van der Waals surface area contributed by atoms with Gasteiger partial charge in [-0.1, -0.05) is 11.6 Å². The Morgan fingerprint density at radius 2 is 2.25 bits per heavy atom. The molecule has 2 N–H and O–H groups in total. The zero-order valence-electron chi connectivity index (χ0n) is 11.7. The van der Waals surface area contributed by atoms with Crippen molar-refractivity contribution in [3.63, 3.8) is 0 Å². The summed E-state index contributed by atoms with van der Waals surface area (Å²) in [6.07, 6.45) is -0.125. The first-order chi connectivity index (χ1) is 9.52. The van der Waals surface area contributed by atoms with Crippen LogP contribution in [0.3, 0.4) is 0 Å². The van der Waals surface area contributed by atoms with Crippen LogP contribution in [0.1, 0.15) is 12.0 Å². The second-order valence-corrected chi connectivity index (χ2v) is 4.85. The molecule has 20 heavy (non-hydrogen) atoms. The predicted molar refractivity (Wildman–Crippen MR) is 77.2 cm³/mol. The van der Waals surface area contributed by atoms with E-state index >= 15 is 0 Å². The van der Waals surface area contributed by atoms with E-state index in [1.165, 1.54) is 7.11 Å². The number of carbonyl (C=O) groups is 1. The van der Waals surface area contributed by atoms with Crippen LogP contribution in [0.25, 0.3) is 0 Å². The van der Waals surface area contributed by atoms with Gasteiger partial charge in [0.25, 0.3) is 5.91 Å². The van der Waals surface area contributed by atoms with Crippen LogP contribution < -0.4 is 10.1 Å². The van der Waals surface area contributed by atoms with Gasteiger partial charge in [0.1, 0.15) is 5.75 Å². The summed E-state index contributed by atoms with van der Waals surface area (Å²) in [5.41, 5.74) is 0.896. The van der Waals surface area contributed by atoms with Crippen LogP contribution in [0.15, 0.2) is 18.2 Å². The molecule has 0 bridgehead atoms. The van der Waals surface area contributed by atoms with E-state index in [4.69, 9.17) is 21.1 Å². The molecule has 0 aliphatic carbocycles. The molecule has 1 aromatic carbocycles. The maximum absolute atomic E-state index is 11.5. The van der Waals surface area contributed by atoms with Crippen molar-refractivity contribution in [2.24, 2.45) is 0 Å². The Hall–Kier alpha value is -1.30. The minimum atomic E-state index is -0.569. The first-order valence-corrected chi connectivity index (χ1v) is 6.73. The number of aliphatic hydroxyl groups excluding tert-OH is 1. The van der Waals surface area contributed by atoms with Gasteiger partial charge in [0.2, 0.25) is 0 Å². The molecule has 0 heterocycles. The van der Waals surface area contributed by atoms with Gasteiger partial charge in [0, 0.05) is 18.7 Å². The zero-order chi connectivity index (χ0) is 15.0. The lowest BCUT2D eigenvalue weighted by atomic mass is 10.2. The quantitative estimate of drug-likeness (QED) is 0.764. The van der Waals surface area contributed by atoms with Crippen LogP contribution in [-0.2, 0) is 9.53 Å². The average molecular weight is 302 g/mol. The molecule has 0 aromatic heterocycles. The van der Waals surface area contributed by atoms with Crippen LogP contribution in [0.5, 0.6) is 5.75 Å². The van der Waals surface area contributed by atoms with Crippen LogP contribution >= 0.6 is 11.6 Å². The standard InChI is InChI=1S/C14H20ClNO4/c1-10-7-12(3-4-13(10)15)20-9-14(18)16-6-5-11(17)8-19-2/h3-4,7,11,17H,5-6,8-9H2,1-2H3,(H,16,18). The van der Waals surface area contributed by atoms with Gasteiger partial charge >= 0.3 is 0 Å². The van der Waals surface area contributed by atoms with E-state index < -0.39 is 6.10 Å². The van der Waals surface area contributed by atoms with Crippen LogP contribution in [-0.4, -0.2) is 44.0 Å². The van der Waals surface area contributed by atoms with Crippen molar-refractivity contribution in [1.82, 2.24) is 5.32 Å². The number of halogens is 1. The van der Waals surface area contributed by atoms with Crippen molar-refractivity contribution < 1.29 is 19.4 Å². The SMILES string of the molecule is COCC(O)CCNC(=O)COc1ccc(Cl)c(C)c1. The van der Waals surface area contributed by atoms with Crippen molar-refractivity contribution in [2.45, 2.75) is 19.4 Å². The van der Waals surface area contributed by atoms with E-state index in [0.717, 1.165) is 5.56 Å². The Labute approximate surface area is 123 Å². The second kappa shape index (κ2) is 8.79. The van der Waals surface area contributed by atoms with Crippen LogP contribution in [0.4, 0.5) is 0 Å². The van der Waals surface area contributed by atoms with Crippen LogP contribution in [0, 0.1) is 6.92 Å². The molecule has 0 fully saturated rings. The highest BCUT2D eigenvalue weighted by molar-refractivity contribution is 6.31. The maximum atomic E-state index is 11.5. The molecule has 0 saturated heterocycles. The summed E-state index contributed by atoms with van der Waals surface area (Å²) in [7, 11) is 1.52. The first kappa shape index (κ1) is 16.8. The molecule has 0 spiro atoms. The molecule has 112 valence electrons. The highest BCUT2D eigenvalue weighted by Gasteiger charge is 2.06. The fourth-order valence-corrected chi connectivity index (χ4v) is 1.68.